The highest BCUT2D eigenvalue weighted by molar-refractivity contribution is 7.91. The second-order valence-electron chi connectivity index (χ2n) is 19.7. The lowest BCUT2D eigenvalue weighted by Crippen LogP contribution is -2.52. The first kappa shape index (κ1) is 40.8. The molecule has 0 aromatic heterocycles. The number of hydrogen-bond donors (Lipinski definition) is 2. The van der Waals surface area contributed by atoms with Crippen LogP contribution in [-0.2, 0) is 39.2 Å². The van der Waals surface area contributed by atoms with Crippen LogP contribution >= 0.6 is 0 Å². The zero-order valence-electron chi connectivity index (χ0n) is 33.2. The molecule has 1 saturated heterocycles. The van der Waals surface area contributed by atoms with Gasteiger partial charge >= 0.3 is 0 Å². The summed E-state index contributed by atoms with van der Waals surface area (Å²) in [5.74, 6) is -3.00. The van der Waals surface area contributed by atoms with E-state index in [-0.39, 0.29) is 51.6 Å². The van der Waals surface area contributed by atoms with Crippen molar-refractivity contribution in [1.29, 1.82) is 0 Å². The summed E-state index contributed by atoms with van der Waals surface area (Å²) in [6.07, 6.45) is 5.92. The molecule has 5 fully saturated rings. The number of fused-ring (bicyclic) bond motifs is 1. The van der Waals surface area contributed by atoms with Crippen molar-refractivity contribution < 1.29 is 36.0 Å². The van der Waals surface area contributed by atoms with Crippen LogP contribution in [0.3, 0.4) is 0 Å². The molecular formula is C41H59N3O8S2. The van der Waals surface area contributed by atoms with Gasteiger partial charge in [0.05, 0.1) is 27.6 Å². The van der Waals surface area contributed by atoms with E-state index in [1.165, 1.54) is 12.1 Å². The second-order valence-corrected chi connectivity index (χ2v) is 23.3. The van der Waals surface area contributed by atoms with Crippen molar-refractivity contribution in [3.63, 3.8) is 0 Å². The molecule has 54 heavy (non-hydrogen) atoms. The molecule has 0 radical (unpaired) electrons. The van der Waals surface area contributed by atoms with Crippen molar-refractivity contribution in [1.82, 2.24) is 14.3 Å². The van der Waals surface area contributed by atoms with Crippen molar-refractivity contribution in [2.45, 2.75) is 135 Å². The third-order valence-electron chi connectivity index (χ3n) is 14.3. The Labute approximate surface area is 322 Å². The van der Waals surface area contributed by atoms with Crippen molar-refractivity contribution in [2.75, 3.05) is 6.54 Å². The average Bonchev–Trinajstić information content (AvgIpc) is 3.99. The molecule has 11 nitrogen and oxygen atoms in total. The first-order chi connectivity index (χ1) is 24.8. The van der Waals surface area contributed by atoms with Gasteiger partial charge in [-0.3, -0.25) is 23.9 Å². The Morgan fingerprint density at radius 1 is 0.926 bits per heavy atom. The normalized spacial score (nSPS) is 29.6. The van der Waals surface area contributed by atoms with Crippen LogP contribution in [0.25, 0.3) is 0 Å². The van der Waals surface area contributed by atoms with E-state index in [4.69, 9.17) is 0 Å². The standard InChI is InChI=1S/C41H59N3O8S2/c1-10-26-22-39(26,35(48)43-54(51,52)28-17-18-28)24-32(46)30-23-41(38(8,9)40(41)19-14-20-40)25-44(30)34(47)29(36(2,3)4)21-31(45)33(37(5,6)7)42-53(49,50)27-15-12-11-13-16-27/h10-13,15-16,26,28-30,33,42H,1,14,17-25H2,2-9H3,(H,43,48)/t26-,29-,30+,33-,39-,41-/m1/s1. The highest BCUT2D eigenvalue weighted by Gasteiger charge is 2.85. The lowest BCUT2D eigenvalue weighted by molar-refractivity contribution is -0.146. The fraction of sp³-hybridized carbons (Fsp3) is 0.707. The molecular weight excluding hydrogens is 727 g/mol. The third kappa shape index (κ3) is 6.61. The number of amides is 2. The lowest BCUT2D eigenvalue weighted by Gasteiger charge is -2.37. The van der Waals surface area contributed by atoms with E-state index in [0.717, 1.165) is 19.3 Å². The van der Waals surface area contributed by atoms with Gasteiger partial charge in [0.1, 0.15) is 0 Å². The lowest BCUT2D eigenvalue weighted by atomic mass is 9.73. The van der Waals surface area contributed by atoms with Crippen molar-refractivity contribution in [3.8, 4) is 0 Å². The van der Waals surface area contributed by atoms with Crippen LogP contribution in [0.5, 0.6) is 0 Å². The fourth-order valence-corrected chi connectivity index (χ4v) is 13.1. The van der Waals surface area contributed by atoms with E-state index < -0.39 is 71.2 Å². The number of allylic oxidation sites excluding steroid dienone is 1. The zero-order chi connectivity index (χ0) is 40.1. The number of carbonyl (C=O) groups excluding carboxylic acids is 4. The van der Waals surface area contributed by atoms with E-state index in [1.807, 2.05) is 20.8 Å². The maximum absolute atomic E-state index is 15.1. The van der Waals surface area contributed by atoms with Gasteiger partial charge in [-0.25, -0.2) is 21.6 Å². The Kier molecular flexibility index (Phi) is 9.87. The van der Waals surface area contributed by atoms with Gasteiger partial charge < -0.3 is 4.90 Å². The van der Waals surface area contributed by atoms with Crippen LogP contribution in [0, 0.1) is 44.3 Å². The first-order valence-electron chi connectivity index (χ1n) is 19.4. The average molecular weight is 786 g/mol. The van der Waals surface area contributed by atoms with Gasteiger partial charge in [-0.1, -0.05) is 86.1 Å². The molecule has 2 spiro atoms. The van der Waals surface area contributed by atoms with E-state index in [2.05, 4.69) is 29.9 Å². The predicted molar refractivity (Wildman–Crippen MR) is 206 cm³/mol. The van der Waals surface area contributed by atoms with Gasteiger partial charge in [-0.15, -0.1) is 6.58 Å². The summed E-state index contributed by atoms with van der Waals surface area (Å²) in [7, 11) is -7.91. The largest absolute Gasteiger partial charge is 0.332 e. The van der Waals surface area contributed by atoms with E-state index in [0.29, 0.717) is 32.2 Å². The SMILES string of the molecule is C=C[C@@H]1C[C@]1(CC(=O)[C@@H]1C[C@@]2(CN1C(=O)[C@@H](CC(=O)[C@@H](NS(=O)(=O)c1ccccc1)C(C)(C)C)C(C)(C)C)C(C)(C)C21CCC1)C(=O)NS(=O)(=O)C1CC1. The van der Waals surface area contributed by atoms with Gasteiger partial charge in [-0.05, 0) is 78.2 Å². The molecule has 2 amide bonds. The highest BCUT2D eigenvalue weighted by atomic mass is 32.2. The van der Waals surface area contributed by atoms with Gasteiger partial charge in [-0.2, -0.15) is 0 Å². The molecule has 298 valence electrons. The second kappa shape index (κ2) is 13.1. The van der Waals surface area contributed by atoms with Gasteiger partial charge in [0.25, 0.3) is 0 Å². The minimum Gasteiger partial charge on any atom is -0.332 e. The molecule has 13 heteroatoms. The molecule has 1 aromatic carbocycles. The molecule has 5 aliphatic rings. The molecule has 0 bridgehead atoms. The number of Topliss-reactive ketones (excluding diaryl/α,β-unsaturated/α-hetero) is 2. The fourth-order valence-electron chi connectivity index (χ4n) is 10.3. The minimum atomic E-state index is -4.07. The summed E-state index contributed by atoms with van der Waals surface area (Å²) in [6.45, 7) is 19.6. The van der Waals surface area contributed by atoms with Crippen LogP contribution < -0.4 is 9.44 Å². The minimum absolute atomic E-state index is 0.00963. The van der Waals surface area contributed by atoms with E-state index in [9.17, 15) is 31.2 Å². The number of likely N-dealkylation sites (tertiary alicyclic amines) is 1. The molecule has 2 N–H and O–H groups in total. The number of nitrogens with one attached hydrogen (secondary N) is 2. The number of rotatable bonds is 14. The molecule has 1 aliphatic heterocycles. The molecule has 4 saturated carbocycles. The van der Waals surface area contributed by atoms with Crippen LogP contribution in [0.1, 0.15) is 113 Å². The van der Waals surface area contributed by atoms with Crippen LogP contribution in [0.2, 0.25) is 0 Å². The molecule has 1 heterocycles. The summed E-state index contributed by atoms with van der Waals surface area (Å²) in [4.78, 5) is 59.4. The monoisotopic (exact) mass is 785 g/mol. The Bertz CT molecular complexity index is 1950. The number of sulfonamides is 2. The van der Waals surface area contributed by atoms with Crippen LogP contribution in [0.4, 0.5) is 0 Å². The summed E-state index contributed by atoms with van der Waals surface area (Å²) >= 11 is 0. The van der Waals surface area contributed by atoms with Crippen molar-refractivity contribution >= 4 is 43.4 Å². The Balaban J connectivity index is 1.30. The molecule has 6 rings (SSSR count). The topological polar surface area (TPSA) is 164 Å². The Hall–Kier alpha value is -2.90. The summed E-state index contributed by atoms with van der Waals surface area (Å²) < 4.78 is 57.4. The number of nitrogens with zero attached hydrogens (tertiary/aromatic N) is 1. The third-order valence-corrected chi connectivity index (χ3v) is 17.5. The van der Waals surface area contributed by atoms with Gasteiger partial charge in [0, 0.05) is 30.7 Å². The molecule has 0 unspecified atom stereocenters. The van der Waals surface area contributed by atoms with Crippen molar-refractivity contribution in [3.05, 3.63) is 43.0 Å². The van der Waals surface area contributed by atoms with E-state index in [1.54, 1.807) is 49.9 Å². The number of benzene rings is 1. The Morgan fingerprint density at radius 3 is 2.00 bits per heavy atom. The predicted octanol–water partition coefficient (Wildman–Crippen LogP) is 5.56. The number of ketones is 2. The summed E-state index contributed by atoms with van der Waals surface area (Å²) in [6, 6.07) is 5.84. The van der Waals surface area contributed by atoms with E-state index >= 15 is 4.79 Å². The van der Waals surface area contributed by atoms with Crippen LogP contribution in [0.15, 0.2) is 47.9 Å². The molecule has 4 aliphatic carbocycles. The van der Waals surface area contributed by atoms with Crippen LogP contribution in [-0.4, -0.2) is 69.0 Å². The maximum Gasteiger partial charge on any atom is 0.241 e. The zero-order valence-corrected chi connectivity index (χ0v) is 34.8. The molecule has 1 aromatic rings. The highest BCUT2D eigenvalue weighted by Crippen LogP contribution is 2.88. The Morgan fingerprint density at radius 2 is 1.54 bits per heavy atom. The smallest absolute Gasteiger partial charge is 0.241 e. The first-order valence-corrected chi connectivity index (χ1v) is 22.5. The maximum atomic E-state index is 15.1. The summed E-state index contributed by atoms with van der Waals surface area (Å²) in [5.41, 5.74) is -3.29. The van der Waals surface area contributed by atoms with Gasteiger partial charge in [0.2, 0.25) is 31.9 Å². The number of hydrogen-bond acceptors (Lipinski definition) is 8. The van der Waals surface area contributed by atoms with Crippen molar-refractivity contribution in [2.24, 2.45) is 44.3 Å². The van der Waals surface area contributed by atoms with Gasteiger partial charge in [0.15, 0.2) is 11.6 Å². The molecule has 6 atom stereocenters. The number of carbonyl (C=O) groups is 4. The summed E-state index contributed by atoms with van der Waals surface area (Å²) in [5, 5.41) is -0.600. The quantitative estimate of drug-likeness (QED) is 0.232.